The minimum atomic E-state index is 0.0875. The smallest absolute Gasteiger partial charge is 0.248 e. The fourth-order valence-electron chi connectivity index (χ4n) is 2.19. The van der Waals surface area contributed by atoms with Gasteiger partial charge in [0.05, 0.1) is 0 Å². The van der Waals surface area contributed by atoms with Crippen LogP contribution in [0.4, 0.5) is 0 Å². The normalized spacial score (nSPS) is 17.1. The summed E-state index contributed by atoms with van der Waals surface area (Å²) in [5, 5.41) is 10.3. The Bertz CT molecular complexity index is 358. The van der Waals surface area contributed by atoms with Gasteiger partial charge in [-0.25, -0.2) is 0 Å². The van der Waals surface area contributed by atoms with E-state index in [1.165, 1.54) is 0 Å². The number of likely N-dealkylation sites (tertiary alicyclic amines) is 1. The molecule has 1 saturated heterocycles. The lowest BCUT2D eigenvalue weighted by Gasteiger charge is -2.32. The second kappa shape index (κ2) is 6.51. The van der Waals surface area contributed by atoms with Gasteiger partial charge in [-0.3, -0.25) is 9.89 Å². The van der Waals surface area contributed by atoms with Crippen molar-refractivity contribution in [1.82, 2.24) is 20.4 Å². The number of aromatic amines is 1. The summed E-state index contributed by atoms with van der Waals surface area (Å²) in [6, 6.07) is 2.43. The largest absolute Gasteiger partial charge is 0.375 e. The molecule has 0 atom stereocenters. The summed E-state index contributed by atoms with van der Waals surface area (Å²) >= 11 is 0. The number of nitrogens with one attached hydrogen (secondary N) is 2. The number of rotatable bonds is 5. The van der Waals surface area contributed by atoms with Gasteiger partial charge in [0.25, 0.3) is 0 Å². The molecule has 1 fully saturated rings. The third kappa shape index (κ3) is 3.54. The Hall–Kier alpha value is -1.40. The van der Waals surface area contributed by atoms with Crippen molar-refractivity contribution in [2.45, 2.75) is 25.4 Å². The lowest BCUT2D eigenvalue weighted by Crippen LogP contribution is -2.45. The summed E-state index contributed by atoms with van der Waals surface area (Å²) in [6.07, 6.45) is 3.73. The molecule has 2 rings (SSSR count). The topological polar surface area (TPSA) is 70.2 Å². The lowest BCUT2D eigenvalue weighted by atomic mass is 10.0. The average Bonchev–Trinajstić information content (AvgIpc) is 2.90. The van der Waals surface area contributed by atoms with Gasteiger partial charge in [0.15, 0.2) is 0 Å². The third-order valence-electron chi connectivity index (χ3n) is 3.26. The highest BCUT2D eigenvalue weighted by atomic mass is 16.5. The molecule has 1 aromatic rings. The average molecular weight is 252 g/mol. The van der Waals surface area contributed by atoms with E-state index in [-0.39, 0.29) is 12.5 Å². The summed E-state index contributed by atoms with van der Waals surface area (Å²) in [5.41, 5.74) is 1.09. The summed E-state index contributed by atoms with van der Waals surface area (Å²) in [7, 11) is 1.55. The zero-order chi connectivity index (χ0) is 12.8. The van der Waals surface area contributed by atoms with Crippen molar-refractivity contribution < 1.29 is 9.53 Å². The molecule has 0 unspecified atom stereocenters. The van der Waals surface area contributed by atoms with Gasteiger partial charge in [0.2, 0.25) is 5.91 Å². The van der Waals surface area contributed by atoms with Gasteiger partial charge in [-0.1, -0.05) is 0 Å². The first-order valence-corrected chi connectivity index (χ1v) is 6.28. The summed E-state index contributed by atoms with van der Waals surface area (Å²) < 4.78 is 4.86. The van der Waals surface area contributed by atoms with Crippen molar-refractivity contribution in [2.24, 2.45) is 0 Å². The lowest BCUT2D eigenvalue weighted by molar-refractivity contribution is -0.136. The van der Waals surface area contributed by atoms with E-state index in [1.54, 1.807) is 13.3 Å². The molecule has 0 saturated carbocycles. The molecule has 6 heteroatoms. The van der Waals surface area contributed by atoms with Crippen LogP contribution < -0.4 is 5.32 Å². The molecule has 0 bridgehead atoms. The van der Waals surface area contributed by atoms with Crippen molar-refractivity contribution >= 4 is 5.91 Å². The number of hydrogen-bond donors (Lipinski definition) is 2. The summed E-state index contributed by atoms with van der Waals surface area (Å²) in [6.45, 7) is 2.61. The van der Waals surface area contributed by atoms with Crippen molar-refractivity contribution in [1.29, 1.82) is 0 Å². The van der Waals surface area contributed by atoms with Crippen LogP contribution >= 0.6 is 0 Å². The van der Waals surface area contributed by atoms with Crippen LogP contribution in [0.5, 0.6) is 0 Å². The Morgan fingerprint density at radius 1 is 1.61 bits per heavy atom. The van der Waals surface area contributed by atoms with Gasteiger partial charge in [0.1, 0.15) is 6.61 Å². The van der Waals surface area contributed by atoms with Crippen molar-refractivity contribution in [3.05, 3.63) is 18.0 Å². The maximum atomic E-state index is 11.6. The van der Waals surface area contributed by atoms with Crippen LogP contribution in [-0.4, -0.2) is 53.9 Å². The molecule has 1 amide bonds. The van der Waals surface area contributed by atoms with E-state index >= 15 is 0 Å². The highest BCUT2D eigenvalue weighted by Crippen LogP contribution is 2.11. The minimum Gasteiger partial charge on any atom is -0.375 e. The van der Waals surface area contributed by atoms with Gasteiger partial charge in [-0.2, -0.15) is 5.10 Å². The predicted octanol–water partition coefficient (Wildman–Crippen LogP) is 0.137. The van der Waals surface area contributed by atoms with Crippen LogP contribution in [0.1, 0.15) is 18.5 Å². The molecule has 18 heavy (non-hydrogen) atoms. The first-order valence-electron chi connectivity index (χ1n) is 6.28. The molecule has 6 nitrogen and oxygen atoms in total. The Kier molecular flexibility index (Phi) is 4.72. The fraction of sp³-hybridized carbons (Fsp3) is 0.667. The molecular weight excluding hydrogens is 232 g/mol. The van der Waals surface area contributed by atoms with Crippen LogP contribution in [0.25, 0.3) is 0 Å². The Labute approximate surface area is 107 Å². The highest BCUT2D eigenvalue weighted by Gasteiger charge is 2.22. The van der Waals surface area contributed by atoms with Crippen molar-refractivity contribution in [3.8, 4) is 0 Å². The monoisotopic (exact) mass is 252 g/mol. The Morgan fingerprint density at radius 3 is 3.00 bits per heavy atom. The van der Waals surface area contributed by atoms with E-state index < -0.39 is 0 Å². The van der Waals surface area contributed by atoms with Crippen molar-refractivity contribution in [2.75, 3.05) is 26.8 Å². The Balaban J connectivity index is 1.68. The van der Waals surface area contributed by atoms with E-state index in [0.29, 0.717) is 6.04 Å². The number of ether oxygens (including phenoxy) is 1. The van der Waals surface area contributed by atoms with Gasteiger partial charge in [-0.15, -0.1) is 0 Å². The highest BCUT2D eigenvalue weighted by molar-refractivity contribution is 5.77. The molecule has 1 aliphatic heterocycles. The first kappa shape index (κ1) is 13.0. The standard InChI is InChI=1S/C12H20N4O2/c1-18-9-12(17)16-6-3-10(4-7-16)13-8-11-2-5-14-15-11/h2,5,10,13H,3-4,6-9H2,1H3,(H,14,15). The molecule has 0 aliphatic carbocycles. The number of carbonyl (C=O) groups excluding carboxylic acids is 1. The molecular formula is C12H20N4O2. The Morgan fingerprint density at radius 2 is 2.39 bits per heavy atom. The van der Waals surface area contributed by atoms with Gasteiger partial charge in [0, 0.05) is 44.7 Å². The second-order valence-electron chi connectivity index (χ2n) is 4.55. The van der Waals surface area contributed by atoms with E-state index in [2.05, 4.69) is 15.5 Å². The SMILES string of the molecule is COCC(=O)N1CCC(NCc2ccn[nH]2)CC1. The van der Waals surface area contributed by atoms with Crippen LogP contribution in [0.3, 0.4) is 0 Å². The quantitative estimate of drug-likeness (QED) is 0.782. The van der Waals surface area contributed by atoms with Crippen molar-refractivity contribution in [3.63, 3.8) is 0 Å². The van der Waals surface area contributed by atoms with E-state index in [4.69, 9.17) is 4.74 Å². The zero-order valence-electron chi connectivity index (χ0n) is 10.7. The maximum absolute atomic E-state index is 11.6. The fourth-order valence-corrected chi connectivity index (χ4v) is 2.19. The number of amides is 1. The molecule has 100 valence electrons. The molecule has 0 aromatic carbocycles. The zero-order valence-corrected chi connectivity index (χ0v) is 10.7. The molecule has 1 aromatic heterocycles. The number of piperidine rings is 1. The van der Waals surface area contributed by atoms with E-state index in [0.717, 1.165) is 38.2 Å². The van der Waals surface area contributed by atoms with Gasteiger partial charge >= 0.3 is 0 Å². The van der Waals surface area contributed by atoms with E-state index in [1.807, 2.05) is 11.0 Å². The first-order chi connectivity index (χ1) is 8.79. The van der Waals surface area contributed by atoms with Gasteiger partial charge in [-0.05, 0) is 18.9 Å². The maximum Gasteiger partial charge on any atom is 0.248 e. The number of H-pyrrole nitrogens is 1. The van der Waals surface area contributed by atoms with Crippen LogP contribution in [0.2, 0.25) is 0 Å². The molecule has 1 aliphatic rings. The molecule has 2 heterocycles. The number of carbonyl (C=O) groups is 1. The number of aromatic nitrogens is 2. The van der Waals surface area contributed by atoms with Crippen LogP contribution in [-0.2, 0) is 16.1 Å². The number of nitrogens with zero attached hydrogens (tertiary/aromatic N) is 2. The van der Waals surface area contributed by atoms with E-state index in [9.17, 15) is 4.79 Å². The molecule has 0 spiro atoms. The second-order valence-corrected chi connectivity index (χ2v) is 4.55. The third-order valence-corrected chi connectivity index (χ3v) is 3.26. The predicted molar refractivity (Wildman–Crippen MR) is 66.9 cm³/mol. The van der Waals surface area contributed by atoms with Crippen LogP contribution in [0, 0.1) is 0 Å². The number of methoxy groups -OCH3 is 1. The molecule has 0 radical (unpaired) electrons. The van der Waals surface area contributed by atoms with Crippen LogP contribution in [0.15, 0.2) is 12.3 Å². The van der Waals surface area contributed by atoms with Gasteiger partial charge < -0.3 is 15.0 Å². The summed E-state index contributed by atoms with van der Waals surface area (Å²) in [5.74, 6) is 0.0875. The molecule has 2 N–H and O–H groups in total. The minimum absolute atomic E-state index is 0.0875. The summed E-state index contributed by atoms with van der Waals surface area (Å²) in [4.78, 5) is 13.5. The number of hydrogen-bond acceptors (Lipinski definition) is 4.